The molecule has 2 N–H and O–H groups in total. The molecule has 0 aliphatic heterocycles. The Kier molecular flexibility index (Phi) is 5.63. The van der Waals surface area contributed by atoms with Crippen molar-refractivity contribution < 1.29 is 14.9 Å². The number of hydrogen-bond donors (Lipinski definition) is 2. The Bertz CT molecular complexity index is 348. The summed E-state index contributed by atoms with van der Waals surface area (Å²) in [7, 11) is 0. The van der Waals surface area contributed by atoms with E-state index in [1.165, 1.54) is 12.2 Å². The fraction of sp³-hybridized carbons (Fsp3) is 0.286. The molecule has 0 fully saturated rings. The standard InChI is InChI=1S/C14H18O3/c1-3-12(15)14(16)13(4-2)17-10-11-8-6-5-7-9-11/h3-9,12-16H,1-2,10H2/t12-,13+,14-/m0/s1. The van der Waals surface area contributed by atoms with Crippen LogP contribution in [0.4, 0.5) is 0 Å². The van der Waals surface area contributed by atoms with Crippen LogP contribution in [-0.4, -0.2) is 28.5 Å². The second kappa shape index (κ2) is 7.01. The lowest BCUT2D eigenvalue weighted by molar-refractivity contribution is -0.0608. The summed E-state index contributed by atoms with van der Waals surface area (Å²) in [6, 6.07) is 9.60. The van der Waals surface area contributed by atoms with Crippen molar-refractivity contribution in [1.82, 2.24) is 0 Å². The van der Waals surface area contributed by atoms with Crippen LogP contribution >= 0.6 is 0 Å². The minimum absolute atomic E-state index is 0.360. The second-order valence-corrected chi connectivity index (χ2v) is 3.71. The van der Waals surface area contributed by atoms with E-state index in [2.05, 4.69) is 13.2 Å². The molecule has 0 aliphatic rings. The van der Waals surface area contributed by atoms with Crippen LogP contribution in [0, 0.1) is 0 Å². The van der Waals surface area contributed by atoms with Crippen LogP contribution in [0.3, 0.4) is 0 Å². The lowest BCUT2D eigenvalue weighted by Crippen LogP contribution is -2.36. The Morgan fingerprint density at radius 1 is 1.12 bits per heavy atom. The SMILES string of the molecule is C=C[C@H](O)[C@H](O)[C@@H](C=C)OCc1ccccc1. The first-order chi connectivity index (χ1) is 8.19. The third-order valence-corrected chi connectivity index (χ3v) is 2.45. The first-order valence-corrected chi connectivity index (χ1v) is 5.45. The number of aliphatic hydroxyl groups excluding tert-OH is 2. The Morgan fingerprint density at radius 3 is 2.29 bits per heavy atom. The van der Waals surface area contributed by atoms with Crippen molar-refractivity contribution in [3.63, 3.8) is 0 Å². The molecular weight excluding hydrogens is 216 g/mol. The number of ether oxygens (including phenoxy) is 1. The quantitative estimate of drug-likeness (QED) is 0.705. The van der Waals surface area contributed by atoms with Gasteiger partial charge in [0.05, 0.1) is 6.61 Å². The van der Waals surface area contributed by atoms with Crippen molar-refractivity contribution in [2.75, 3.05) is 0 Å². The lowest BCUT2D eigenvalue weighted by Gasteiger charge is -2.22. The first kappa shape index (κ1) is 13.6. The van der Waals surface area contributed by atoms with E-state index in [4.69, 9.17) is 4.74 Å². The highest BCUT2D eigenvalue weighted by Crippen LogP contribution is 2.10. The predicted octanol–water partition coefficient (Wildman–Crippen LogP) is 1.67. The van der Waals surface area contributed by atoms with E-state index in [1.807, 2.05) is 30.3 Å². The van der Waals surface area contributed by atoms with Crippen LogP contribution in [0.5, 0.6) is 0 Å². The summed E-state index contributed by atoms with van der Waals surface area (Å²) < 4.78 is 5.49. The maximum absolute atomic E-state index is 9.74. The molecular formula is C14H18O3. The highest BCUT2D eigenvalue weighted by Gasteiger charge is 2.22. The van der Waals surface area contributed by atoms with Gasteiger partial charge in [-0.25, -0.2) is 0 Å². The predicted molar refractivity (Wildman–Crippen MR) is 67.4 cm³/mol. The molecule has 1 aromatic carbocycles. The zero-order chi connectivity index (χ0) is 12.7. The van der Waals surface area contributed by atoms with E-state index in [0.29, 0.717) is 6.61 Å². The molecule has 3 atom stereocenters. The number of hydrogen-bond acceptors (Lipinski definition) is 3. The van der Waals surface area contributed by atoms with Crippen LogP contribution in [0.25, 0.3) is 0 Å². The lowest BCUT2D eigenvalue weighted by atomic mass is 10.1. The summed E-state index contributed by atoms with van der Waals surface area (Å²) in [5.41, 5.74) is 1.000. The molecule has 3 nitrogen and oxygen atoms in total. The second-order valence-electron chi connectivity index (χ2n) is 3.71. The van der Waals surface area contributed by atoms with Crippen LogP contribution in [-0.2, 0) is 11.3 Å². The zero-order valence-corrected chi connectivity index (χ0v) is 9.70. The largest absolute Gasteiger partial charge is 0.387 e. The van der Waals surface area contributed by atoms with E-state index in [-0.39, 0.29) is 0 Å². The molecule has 0 saturated carbocycles. The summed E-state index contributed by atoms with van der Waals surface area (Å²) in [5, 5.41) is 19.2. The molecule has 1 aromatic rings. The average Bonchev–Trinajstić information content (AvgIpc) is 2.39. The van der Waals surface area contributed by atoms with E-state index in [1.54, 1.807) is 0 Å². The Labute approximate surface area is 102 Å². The van der Waals surface area contributed by atoms with E-state index >= 15 is 0 Å². The Hall–Kier alpha value is -1.42. The summed E-state index contributed by atoms with van der Waals surface area (Å²) in [6.07, 6.45) is 0.0542. The van der Waals surface area contributed by atoms with Crippen LogP contribution in [0.15, 0.2) is 55.6 Å². The molecule has 0 heterocycles. The van der Waals surface area contributed by atoms with Gasteiger partial charge < -0.3 is 14.9 Å². The highest BCUT2D eigenvalue weighted by molar-refractivity contribution is 5.13. The number of aliphatic hydroxyl groups is 2. The van der Waals surface area contributed by atoms with Crippen molar-refractivity contribution in [2.45, 2.75) is 24.9 Å². The highest BCUT2D eigenvalue weighted by atomic mass is 16.5. The monoisotopic (exact) mass is 234 g/mol. The van der Waals surface area contributed by atoms with Gasteiger partial charge in [-0.1, -0.05) is 42.5 Å². The average molecular weight is 234 g/mol. The molecule has 0 spiro atoms. The van der Waals surface area contributed by atoms with Crippen LogP contribution < -0.4 is 0 Å². The summed E-state index contributed by atoms with van der Waals surface area (Å²) in [4.78, 5) is 0. The van der Waals surface area contributed by atoms with Crippen molar-refractivity contribution >= 4 is 0 Å². The molecule has 0 amide bonds. The van der Waals surface area contributed by atoms with Gasteiger partial charge in [-0.3, -0.25) is 0 Å². The molecule has 17 heavy (non-hydrogen) atoms. The zero-order valence-electron chi connectivity index (χ0n) is 9.70. The van der Waals surface area contributed by atoms with Gasteiger partial charge in [0.2, 0.25) is 0 Å². The number of benzene rings is 1. The molecule has 0 bridgehead atoms. The van der Waals surface area contributed by atoms with Gasteiger partial charge in [-0.15, -0.1) is 13.2 Å². The third-order valence-electron chi connectivity index (χ3n) is 2.45. The maximum atomic E-state index is 9.74. The fourth-order valence-corrected chi connectivity index (χ4v) is 1.41. The molecule has 0 saturated heterocycles. The molecule has 92 valence electrons. The molecule has 0 radical (unpaired) electrons. The van der Waals surface area contributed by atoms with Crippen molar-refractivity contribution in [1.29, 1.82) is 0 Å². The smallest absolute Gasteiger partial charge is 0.113 e. The van der Waals surface area contributed by atoms with Crippen LogP contribution in [0.1, 0.15) is 5.56 Å². The van der Waals surface area contributed by atoms with Gasteiger partial charge in [0, 0.05) is 0 Å². The van der Waals surface area contributed by atoms with E-state index in [9.17, 15) is 10.2 Å². The summed E-state index contributed by atoms with van der Waals surface area (Å²) in [5.74, 6) is 0. The Balaban J connectivity index is 2.53. The molecule has 3 heteroatoms. The molecule has 0 aromatic heterocycles. The third kappa shape index (κ3) is 4.15. The minimum Gasteiger partial charge on any atom is -0.387 e. The van der Waals surface area contributed by atoms with Crippen molar-refractivity contribution in [3.05, 3.63) is 61.2 Å². The summed E-state index contributed by atoms with van der Waals surface area (Å²) in [6.45, 7) is 7.36. The van der Waals surface area contributed by atoms with Crippen LogP contribution in [0.2, 0.25) is 0 Å². The summed E-state index contributed by atoms with van der Waals surface area (Å²) >= 11 is 0. The first-order valence-electron chi connectivity index (χ1n) is 5.45. The molecule has 1 rings (SSSR count). The fourth-order valence-electron chi connectivity index (χ4n) is 1.41. The van der Waals surface area contributed by atoms with Crippen molar-refractivity contribution in [3.8, 4) is 0 Å². The Morgan fingerprint density at radius 2 is 1.76 bits per heavy atom. The van der Waals surface area contributed by atoms with Gasteiger partial charge in [0.1, 0.15) is 18.3 Å². The van der Waals surface area contributed by atoms with Gasteiger partial charge in [0.25, 0.3) is 0 Å². The topological polar surface area (TPSA) is 49.7 Å². The van der Waals surface area contributed by atoms with E-state index < -0.39 is 18.3 Å². The molecule has 0 aliphatic carbocycles. The minimum atomic E-state index is -1.05. The van der Waals surface area contributed by atoms with Crippen molar-refractivity contribution in [2.24, 2.45) is 0 Å². The van der Waals surface area contributed by atoms with Gasteiger partial charge in [0.15, 0.2) is 0 Å². The maximum Gasteiger partial charge on any atom is 0.113 e. The van der Waals surface area contributed by atoms with E-state index in [0.717, 1.165) is 5.56 Å². The normalized spacial score (nSPS) is 15.9. The van der Waals surface area contributed by atoms with Gasteiger partial charge in [-0.2, -0.15) is 0 Å². The van der Waals surface area contributed by atoms with Gasteiger partial charge in [-0.05, 0) is 5.56 Å². The molecule has 0 unspecified atom stereocenters. The van der Waals surface area contributed by atoms with Gasteiger partial charge >= 0.3 is 0 Å². The number of rotatable bonds is 7.